The summed E-state index contributed by atoms with van der Waals surface area (Å²) in [5, 5.41) is 2.28. The van der Waals surface area contributed by atoms with Crippen LogP contribution in [0.1, 0.15) is 5.56 Å². The first-order valence-electron chi connectivity index (χ1n) is 5.47. The second-order valence-electron chi connectivity index (χ2n) is 4.12. The van der Waals surface area contributed by atoms with Crippen molar-refractivity contribution in [2.75, 3.05) is 0 Å². The molecule has 0 aliphatic rings. The summed E-state index contributed by atoms with van der Waals surface area (Å²) >= 11 is 0. The molecular weight excluding hydrogens is 237 g/mol. The first-order valence-corrected chi connectivity index (χ1v) is 5.47. The zero-order valence-electron chi connectivity index (χ0n) is 9.25. The average Bonchev–Trinajstić information content (AvgIpc) is 2.34. The third kappa shape index (κ3) is 1.72. The minimum absolute atomic E-state index is 0.128. The average molecular weight is 245 g/mol. The third-order valence-corrected chi connectivity index (χ3v) is 2.93. The summed E-state index contributed by atoms with van der Waals surface area (Å²) in [6, 6.07) is 16.1. The molecule has 0 N–H and O–H groups in total. The molecule has 0 aliphatic heterocycles. The maximum Gasteiger partial charge on any atom is 0.417 e. The molecule has 0 saturated carbocycles. The first kappa shape index (κ1) is 11.1. The van der Waals surface area contributed by atoms with Gasteiger partial charge in [-0.2, -0.15) is 13.2 Å². The topological polar surface area (TPSA) is 0 Å². The molecule has 18 heavy (non-hydrogen) atoms. The fraction of sp³-hybridized carbons (Fsp3) is 0.0667. The molecule has 0 saturated heterocycles. The second kappa shape index (κ2) is 3.73. The first-order chi connectivity index (χ1) is 8.55. The molecule has 0 aromatic heterocycles. The number of fused-ring (bicyclic) bond motifs is 2. The van der Waals surface area contributed by atoms with Crippen molar-refractivity contribution in [3.05, 3.63) is 60.2 Å². The van der Waals surface area contributed by atoms with E-state index in [9.17, 15) is 13.2 Å². The molecule has 3 rings (SSSR count). The molecule has 0 atom stereocenters. The predicted octanol–water partition coefficient (Wildman–Crippen LogP) is 4.81. The monoisotopic (exact) mass is 245 g/mol. The molecule has 3 aromatic rings. The van der Waals surface area contributed by atoms with Crippen LogP contribution in [0.2, 0.25) is 0 Å². The van der Waals surface area contributed by atoms with Crippen LogP contribution < -0.4 is 0 Å². The van der Waals surface area contributed by atoms with Crippen molar-refractivity contribution < 1.29 is 13.2 Å². The summed E-state index contributed by atoms with van der Waals surface area (Å²) < 4.78 is 38.7. The highest BCUT2D eigenvalue weighted by Gasteiger charge is 2.32. The zero-order valence-corrected chi connectivity index (χ0v) is 9.25. The van der Waals surface area contributed by atoms with Crippen molar-refractivity contribution in [1.29, 1.82) is 0 Å². The van der Waals surface area contributed by atoms with Crippen molar-refractivity contribution >= 4 is 21.5 Å². The molecule has 89 valence electrons. The standard InChI is InChI=1S/C15H8F3/c16-15(17,18)14-7-3-6-12-8-10-4-1-2-5-11(10)9-13(12)14/h1-8H. The van der Waals surface area contributed by atoms with Gasteiger partial charge in [0.1, 0.15) is 0 Å². The smallest absolute Gasteiger partial charge is 0.166 e. The van der Waals surface area contributed by atoms with Crippen molar-refractivity contribution in [3.8, 4) is 0 Å². The predicted molar refractivity (Wildman–Crippen MR) is 65.3 cm³/mol. The van der Waals surface area contributed by atoms with E-state index >= 15 is 0 Å². The maximum absolute atomic E-state index is 12.9. The zero-order chi connectivity index (χ0) is 12.8. The van der Waals surface area contributed by atoms with E-state index in [-0.39, 0.29) is 5.39 Å². The molecule has 3 aromatic carbocycles. The lowest BCUT2D eigenvalue weighted by molar-refractivity contribution is -0.136. The van der Waals surface area contributed by atoms with Gasteiger partial charge in [-0.15, -0.1) is 0 Å². The summed E-state index contributed by atoms with van der Waals surface area (Å²) in [5.74, 6) is 0. The van der Waals surface area contributed by atoms with Crippen molar-refractivity contribution in [1.82, 2.24) is 0 Å². The molecular formula is C15H8F3. The highest BCUT2D eigenvalue weighted by Crippen LogP contribution is 2.35. The van der Waals surface area contributed by atoms with Gasteiger partial charge in [-0.25, -0.2) is 0 Å². The lowest BCUT2D eigenvalue weighted by atomic mass is 9.99. The van der Waals surface area contributed by atoms with Gasteiger partial charge in [0.2, 0.25) is 0 Å². The van der Waals surface area contributed by atoms with E-state index in [0.29, 0.717) is 10.8 Å². The van der Waals surface area contributed by atoms with Gasteiger partial charge in [-0.1, -0.05) is 36.4 Å². The van der Waals surface area contributed by atoms with Crippen LogP contribution in [-0.2, 0) is 6.18 Å². The quantitative estimate of drug-likeness (QED) is 0.498. The van der Waals surface area contributed by atoms with Crippen molar-refractivity contribution in [3.63, 3.8) is 0 Å². The molecule has 0 heterocycles. The Balaban J connectivity index is 2.44. The Hall–Kier alpha value is -2.03. The Bertz CT molecular complexity index is 726. The highest BCUT2D eigenvalue weighted by atomic mass is 19.4. The Morgan fingerprint density at radius 3 is 2.33 bits per heavy atom. The Morgan fingerprint density at radius 1 is 0.833 bits per heavy atom. The normalized spacial score (nSPS) is 12.2. The van der Waals surface area contributed by atoms with E-state index in [1.54, 1.807) is 24.3 Å². The van der Waals surface area contributed by atoms with Gasteiger partial charge in [0.05, 0.1) is 5.56 Å². The lowest BCUT2D eigenvalue weighted by Gasteiger charge is -2.10. The van der Waals surface area contributed by atoms with Crippen LogP contribution in [0.4, 0.5) is 13.2 Å². The van der Waals surface area contributed by atoms with Gasteiger partial charge < -0.3 is 0 Å². The molecule has 0 aliphatic carbocycles. The number of alkyl halides is 3. The van der Waals surface area contributed by atoms with Crippen LogP contribution in [-0.4, -0.2) is 0 Å². The summed E-state index contributed by atoms with van der Waals surface area (Å²) in [7, 11) is 0. The van der Waals surface area contributed by atoms with Crippen LogP contribution in [0.15, 0.2) is 48.5 Å². The van der Waals surface area contributed by atoms with Crippen LogP contribution in [0.3, 0.4) is 0 Å². The van der Waals surface area contributed by atoms with Gasteiger partial charge >= 0.3 is 6.18 Å². The molecule has 0 fully saturated rings. The minimum atomic E-state index is -4.35. The third-order valence-electron chi connectivity index (χ3n) is 2.93. The highest BCUT2D eigenvalue weighted by molar-refractivity contribution is 5.99. The number of benzene rings is 3. The van der Waals surface area contributed by atoms with Crippen molar-refractivity contribution in [2.24, 2.45) is 0 Å². The molecule has 0 amide bonds. The molecule has 1 radical (unpaired) electrons. The molecule has 3 heteroatoms. The van der Waals surface area contributed by atoms with E-state index in [0.717, 1.165) is 11.5 Å². The fourth-order valence-corrected chi connectivity index (χ4v) is 2.11. The van der Waals surface area contributed by atoms with Crippen LogP contribution in [0, 0.1) is 6.07 Å². The minimum Gasteiger partial charge on any atom is -0.166 e. The van der Waals surface area contributed by atoms with Gasteiger partial charge in [0.15, 0.2) is 0 Å². The van der Waals surface area contributed by atoms with Crippen LogP contribution in [0.25, 0.3) is 21.5 Å². The molecule has 0 bridgehead atoms. The Labute approximate surface area is 102 Å². The van der Waals surface area contributed by atoms with E-state index < -0.39 is 11.7 Å². The second-order valence-corrected chi connectivity index (χ2v) is 4.12. The lowest BCUT2D eigenvalue weighted by Crippen LogP contribution is -2.05. The molecule has 0 spiro atoms. The number of hydrogen-bond donors (Lipinski definition) is 0. The summed E-state index contributed by atoms with van der Waals surface area (Å²) in [4.78, 5) is 0. The van der Waals surface area contributed by atoms with Crippen molar-refractivity contribution in [2.45, 2.75) is 6.18 Å². The SMILES string of the molecule is FC(F)(F)c1cccc2cc3ccccc3[c]c12. The molecule has 0 unspecified atom stereocenters. The Morgan fingerprint density at radius 2 is 1.56 bits per heavy atom. The van der Waals surface area contributed by atoms with E-state index in [4.69, 9.17) is 0 Å². The maximum atomic E-state index is 12.9. The van der Waals surface area contributed by atoms with Gasteiger partial charge in [-0.05, 0) is 34.4 Å². The van der Waals surface area contributed by atoms with E-state index in [2.05, 4.69) is 6.07 Å². The molecule has 0 nitrogen and oxygen atoms in total. The summed E-state index contributed by atoms with van der Waals surface area (Å²) in [5.41, 5.74) is -0.634. The van der Waals surface area contributed by atoms with E-state index in [1.165, 1.54) is 6.07 Å². The number of rotatable bonds is 0. The number of hydrogen-bond acceptors (Lipinski definition) is 0. The van der Waals surface area contributed by atoms with Crippen LogP contribution in [0.5, 0.6) is 0 Å². The largest absolute Gasteiger partial charge is 0.417 e. The van der Waals surface area contributed by atoms with Crippen LogP contribution >= 0.6 is 0 Å². The van der Waals surface area contributed by atoms with E-state index in [1.807, 2.05) is 12.1 Å². The fourth-order valence-electron chi connectivity index (χ4n) is 2.11. The van der Waals surface area contributed by atoms with Gasteiger partial charge in [0, 0.05) is 5.39 Å². The summed E-state index contributed by atoms with van der Waals surface area (Å²) in [6.45, 7) is 0. The van der Waals surface area contributed by atoms with Gasteiger partial charge in [0.25, 0.3) is 0 Å². The summed E-state index contributed by atoms with van der Waals surface area (Å²) in [6.07, 6.45) is -4.35. The Kier molecular flexibility index (Phi) is 2.30. The van der Waals surface area contributed by atoms with Gasteiger partial charge in [-0.3, -0.25) is 0 Å². The number of halogens is 3.